The van der Waals surface area contributed by atoms with E-state index in [0.29, 0.717) is 16.3 Å². The molecule has 0 unspecified atom stereocenters. The number of aryl methyl sites for hydroxylation is 1. The van der Waals surface area contributed by atoms with Gasteiger partial charge in [0.15, 0.2) is 6.61 Å². The molecule has 10 heteroatoms. The second-order valence-electron chi connectivity index (χ2n) is 7.37. The van der Waals surface area contributed by atoms with Gasteiger partial charge in [-0.1, -0.05) is 35.3 Å². The van der Waals surface area contributed by atoms with Gasteiger partial charge in [-0.05, 0) is 61.7 Å². The van der Waals surface area contributed by atoms with E-state index < -0.39 is 17.8 Å². The van der Waals surface area contributed by atoms with E-state index in [-0.39, 0.29) is 32.8 Å². The van der Waals surface area contributed by atoms with Crippen molar-refractivity contribution < 1.29 is 23.9 Å². The zero-order valence-corrected chi connectivity index (χ0v) is 21.2. The van der Waals surface area contributed by atoms with Crippen molar-refractivity contribution in [2.24, 2.45) is 0 Å². The molecule has 1 aromatic heterocycles. The number of carbonyl (C=O) groups excluding carboxylic acids is 3. The number of rotatable bonds is 7. The number of methoxy groups -OCH3 is 1. The van der Waals surface area contributed by atoms with E-state index in [1.54, 1.807) is 25.1 Å². The number of thiophene rings is 1. The van der Waals surface area contributed by atoms with Gasteiger partial charge in [0.25, 0.3) is 11.8 Å². The standard InChI is InChI=1S/C24H22Cl2N2O5S/c1-12-6-5-7-17(13(12)2)27-22(30)21-14(3)20(24(31)32-4)23(34-21)28-19(29)11-33-18-9-8-15(25)10-16(18)26/h5-10H,11H2,1-4H3,(H,27,30)(H,28,29). The van der Waals surface area contributed by atoms with E-state index in [4.69, 9.17) is 32.7 Å². The summed E-state index contributed by atoms with van der Waals surface area (Å²) in [7, 11) is 1.23. The highest BCUT2D eigenvalue weighted by Gasteiger charge is 2.27. The van der Waals surface area contributed by atoms with Gasteiger partial charge in [-0.15, -0.1) is 11.3 Å². The van der Waals surface area contributed by atoms with Gasteiger partial charge in [0.1, 0.15) is 10.8 Å². The molecule has 34 heavy (non-hydrogen) atoms. The Morgan fingerprint density at radius 1 is 1.00 bits per heavy atom. The lowest BCUT2D eigenvalue weighted by molar-refractivity contribution is -0.118. The average Bonchev–Trinajstić information content (AvgIpc) is 3.11. The van der Waals surface area contributed by atoms with Crippen molar-refractivity contribution in [3.05, 3.63) is 73.6 Å². The fraction of sp³-hybridized carbons (Fsp3) is 0.208. The number of esters is 1. The molecule has 0 saturated heterocycles. The molecule has 0 fully saturated rings. The zero-order valence-electron chi connectivity index (χ0n) is 18.9. The predicted octanol–water partition coefficient (Wildman–Crippen LogP) is 6.04. The van der Waals surface area contributed by atoms with Crippen LogP contribution in [0.5, 0.6) is 5.75 Å². The smallest absolute Gasteiger partial charge is 0.341 e. The molecule has 0 aliphatic rings. The monoisotopic (exact) mass is 520 g/mol. The van der Waals surface area contributed by atoms with E-state index in [1.807, 2.05) is 26.0 Å². The highest BCUT2D eigenvalue weighted by molar-refractivity contribution is 7.19. The lowest BCUT2D eigenvalue weighted by Gasteiger charge is -2.10. The number of hydrogen-bond acceptors (Lipinski definition) is 6. The summed E-state index contributed by atoms with van der Waals surface area (Å²) in [5, 5.41) is 6.38. The molecule has 2 amide bonds. The molecule has 2 N–H and O–H groups in total. The minimum Gasteiger partial charge on any atom is -0.482 e. The van der Waals surface area contributed by atoms with Crippen LogP contribution in [0.15, 0.2) is 36.4 Å². The number of nitrogens with one attached hydrogen (secondary N) is 2. The van der Waals surface area contributed by atoms with Crippen LogP contribution in [-0.4, -0.2) is 31.5 Å². The molecule has 0 saturated carbocycles. The van der Waals surface area contributed by atoms with Gasteiger partial charge in [0.2, 0.25) is 0 Å². The number of hydrogen-bond donors (Lipinski definition) is 2. The summed E-state index contributed by atoms with van der Waals surface area (Å²) >= 11 is 12.9. The minimum absolute atomic E-state index is 0.108. The van der Waals surface area contributed by atoms with E-state index in [0.717, 1.165) is 22.5 Å². The third-order valence-corrected chi connectivity index (χ3v) is 6.84. The van der Waals surface area contributed by atoms with Crippen molar-refractivity contribution in [2.75, 3.05) is 24.4 Å². The SMILES string of the molecule is COC(=O)c1c(NC(=O)COc2ccc(Cl)cc2Cl)sc(C(=O)Nc2cccc(C)c2C)c1C. The number of halogens is 2. The van der Waals surface area contributed by atoms with Crippen LogP contribution in [0.3, 0.4) is 0 Å². The lowest BCUT2D eigenvalue weighted by Crippen LogP contribution is -2.21. The van der Waals surface area contributed by atoms with E-state index in [2.05, 4.69) is 10.6 Å². The lowest BCUT2D eigenvalue weighted by atomic mass is 10.1. The maximum atomic E-state index is 13.0. The summed E-state index contributed by atoms with van der Waals surface area (Å²) in [6.07, 6.45) is 0. The van der Waals surface area contributed by atoms with Crippen LogP contribution >= 0.6 is 34.5 Å². The summed E-state index contributed by atoms with van der Waals surface area (Å²) in [5.74, 6) is -1.33. The quantitative estimate of drug-likeness (QED) is 0.370. The second-order valence-corrected chi connectivity index (χ2v) is 9.23. The Balaban J connectivity index is 1.82. The van der Waals surface area contributed by atoms with Crippen LogP contribution in [-0.2, 0) is 9.53 Å². The Kier molecular flexibility index (Phi) is 8.19. The van der Waals surface area contributed by atoms with Crippen molar-refractivity contribution in [2.45, 2.75) is 20.8 Å². The average molecular weight is 521 g/mol. The molecule has 0 radical (unpaired) electrons. The maximum Gasteiger partial charge on any atom is 0.341 e. The normalized spacial score (nSPS) is 10.5. The highest BCUT2D eigenvalue weighted by Crippen LogP contribution is 2.35. The summed E-state index contributed by atoms with van der Waals surface area (Å²) < 4.78 is 10.3. The Morgan fingerprint density at radius 2 is 1.74 bits per heavy atom. The molecular formula is C24H22Cl2N2O5S. The first-order valence-corrected chi connectivity index (χ1v) is 11.7. The molecule has 0 bridgehead atoms. The molecule has 3 rings (SSSR count). The third-order valence-electron chi connectivity index (χ3n) is 5.10. The van der Waals surface area contributed by atoms with Gasteiger partial charge in [0, 0.05) is 10.7 Å². The fourth-order valence-electron chi connectivity index (χ4n) is 3.13. The first-order valence-electron chi connectivity index (χ1n) is 10.1. The van der Waals surface area contributed by atoms with Crippen molar-refractivity contribution in [3.63, 3.8) is 0 Å². The number of anilines is 2. The first-order chi connectivity index (χ1) is 16.1. The van der Waals surface area contributed by atoms with Gasteiger partial charge >= 0.3 is 5.97 Å². The first kappa shape index (κ1) is 25.6. The van der Waals surface area contributed by atoms with Crippen LogP contribution in [0.4, 0.5) is 10.7 Å². The zero-order chi connectivity index (χ0) is 25.0. The predicted molar refractivity (Wildman–Crippen MR) is 135 cm³/mol. The fourth-order valence-corrected chi connectivity index (χ4v) is 4.70. The molecule has 2 aromatic carbocycles. The Morgan fingerprint density at radius 3 is 2.41 bits per heavy atom. The van der Waals surface area contributed by atoms with Crippen LogP contribution in [0, 0.1) is 20.8 Å². The van der Waals surface area contributed by atoms with Crippen LogP contribution in [0.25, 0.3) is 0 Å². The van der Waals surface area contributed by atoms with Gasteiger partial charge in [-0.2, -0.15) is 0 Å². The molecule has 3 aromatic rings. The Labute approximate surface area is 211 Å². The van der Waals surface area contributed by atoms with E-state index >= 15 is 0 Å². The molecule has 0 aliphatic heterocycles. The second kappa shape index (κ2) is 10.9. The van der Waals surface area contributed by atoms with Gasteiger partial charge in [-0.25, -0.2) is 4.79 Å². The maximum absolute atomic E-state index is 13.0. The summed E-state index contributed by atoms with van der Waals surface area (Å²) in [5.41, 5.74) is 3.14. The third kappa shape index (κ3) is 5.70. The summed E-state index contributed by atoms with van der Waals surface area (Å²) in [4.78, 5) is 38.3. The number of amides is 2. The minimum atomic E-state index is -0.670. The van der Waals surface area contributed by atoms with Crippen LogP contribution < -0.4 is 15.4 Å². The molecule has 0 aliphatic carbocycles. The number of benzene rings is 2. The molecule has 178 valence electrons. The van der Waals surface area contributed by atoms with Crippen molar-refractivity contribution in [1.29, 1.82) is 0 Å². The van der Waals surface area contributed by atoms with Gasteiger partial charge in [-0.3, -0.25) is 9.59 Å². The molecule has 0 atom stereocenters. The highest BCUT2D eigenvalue weighted by atomic mass is 35.5. The van der Waals surface area contributed by atoms with Crippen LogP contribution in [0.1, 0.15) is 36.7 Å². The molecular weight excluding hydrogens is 499 g/mol. The Bertz CT molecular complexity index is 1270. The Hall–Kier alpha value is -3.07. The summed E-state index contributed by atoms with van der Waals surface area (Å²) in [6, 6.07) is 10.2. The number of ether oxygens (including phenoxy) is 2. The van der Waals surface area contributed by atoms with E-state index in [9.17, 15) is 14.4 Å². The van der Waals surface area contributed by atoms with Crippen molar-refractivity contribution in [3.8, 4) is 5.75 Å². The largest absolute Gasteiger partial charge is 0.482 e. The van der Waals surface area contributed by atoms with E-state index in [1.165, 1.54) is 13.2 Å². The van der Waals surface area contributed by atoms with Gasteiger partial charge < -0.3 is 20.1 Å². The van der Waals surface area contributed by atoms with Crippen molar-refractivity contribution >= 4 is 63.0 Å². The van der Waals surface area contributed by atoms with Gasteiger partial charge in [0.05, 0.1) is 22.6 Å². The summed E-state index contributed by atoms with van der Waals surface area (Å²) in [6.45, 7) is 5.11. The topological polar surface area (TPSA) is 93.7 Å². The molecule has 1 heterocycles. The van der Waals surface area contributed by atoms with Crippen LogP contribution in [0.2, 0.25) is 10.0 Å². The molecule has 7 nitrogen and oxygen atoms in total. The number of carbonyl (C=O) groups is 3. The van der Waals surface area contributed by atoms with Crippen molar-refractivity contribution in [1.82, 2.24) is 0 Å². The molecule has 0 spiro atoms.